The maximum atomic E-state index is 13.6. The molecule has 0 radical (unpaired) electrons. The molecular weight excluding hydrogens is 562 g/mol. The van der Waals surface area contributed by atoms with Crippen LogP contribution in [0.1, 0.15) is 60.2 Å². The molecule has 2 amide bonds. The van der Waals surface area contributed by atoms with Crippen LogP contribution in [0.4, 0.5) is 0 Å². The lowest BCUT2D eigenvalue weighted by molar-refractivity contribution is -0.164. The van der Waals surface area contributed by atoms with E-state index >= 15 is 0 Å². The van der Waals surface area contributed by atoms with Crippen molar-refractivity contribution in [2.75, 3.05) is 19.6 Å². The quantitative estimate of drug-likeness (QED) is 0.313. The number of halogens is 1. The maximum Gasteiger partial charge on any atom is 0.335 e. The number of rotatable bonds is 10. The molecule has 1 spiro atoms. The normalized spacial score (nSPS) is 19.2. The molecule has 3 N–H and O–H groups in total. The summed E-state index contributed by atoms with van der Waals surface area (Å²) in [6.45, 7) is 4.50. The summed E-state index contributed by atoms with van der Waals surface area (Å²) in [4.78, 5) is 42.2. The van der Waals surface area contributed by atoms with E-state index < -0.39 is 23.7 Å². The molecule has 0 aliphatic carbocycles. The molecule has 2 aromatic carbocycles. The molecule has 42 heavy (non-hydrogen) atoms. The third-order valence-corrected chi connectivity index (χ3v) is 8.04. The number of carbonyl (C=O) groups excluding carboxylic acids is 2. The average Bonchev–Trinajstić information content (AvgIpc) is 3.52. The molecular formula is C31H36ClN3O7. The van der Waals surface area contributed by atoms with Gasteiger partial charge in [-0.05, 0) is 67.3 Å². The van der Waals surface area contributed by atoms with Gasteiger partial charge in [0, 0.05) is 31.7 Å². The van der Waals surface area contributed by atoms with Crippen molar-refractivity contribution < 1.29 is 33.8 Å². The van der Waals surface area contributed by atoms with E-state index in [9.17, 15) is 19.5 Å². The molecule has 3 heterocycles. The highest BCUT2D eigenvalue weighted by Gasteiger charge is 2.54. The summed E-state index contributed by atoms with van der Waals surface area (Å²) in [6, 6.07) is 14.5. The summed E-state index contributed by atoms with van der Waals surface area (Å²) in [5.74, 6) is -0.254. The van der Waals surface area contributed by atoms with E-state index in [0.29, 0.717) is 56.1 Å². The molecule has 1 aromatic heterocycles. The van der Waals surface area contributed by atoms with Gasteiger partial charge in [-0.15, -0.1) is 12.4 Å². The van der Waals surface area contributed by atoms with Crippen molar-refractivity contribution in [3.05, 3.63) is 83.8 Å². The van der Waals surface area contributed by atoms with Crippen LogP contribution in [0, 0.1) is 0 Å². The fraction of sp³-hybridized carbons (Fsp3) is 0.387. The van der Waals surface area contributed by atoms with Gasteiger partial charge in [0.25, 0.3) is 0 Å². The van der Waals surface area contributed by atoms with Crippen LogP contribution in [0.5, 0.6) is 11.5 Å². The summed E-state index contributed by atoms with van der Waals surface area (Å²) in [5, 5.41) is 22.7. The number of carboxylic acid groups (broad SMARTS) is 1. The number of carboxylic acids is 1. The number of aliphatic hydroxyl groups is 1. The number of aliphatic hydroxyl groups excluding tert-OH is 1. The molecule has 2 atom stereocenters. The topological polar surface area (TPSA) is 133 Å². The van der Waals surface area contributed by atoms with Crippen LogP contribution in [0.3, 0.4) is 0 Å². The summed E-state index contributed by atoms with van der Waals surface area (Å²) in [5.41, 5.74) is 0.817. The highest BCUT2D eigenvalue weighted by molar-refractivity contribution is 6.00. The van der Waals surface area contributed by atoms with Crippen LogP contribution in [0.15, 0.2) is 71.5 Å². The van der Waals surface area contributed by atoms with E-state index in [1.807, 2.05) is 31.2 Å². The van der Waals surface area contributed by atoms with Crippen LogP contribution in [-0.4, -0.2) is 69.0 Å². The van der Waals surface area contributed by atoms with Gasteiger partial charge in [-0.25, -0.2) is 4.79 Å². The average molecular weight is 598 g/mol. The molecule has 0 bridgehead atoms. The lowest BCUT2D eigenvalue weighted by atomic mass is 9.80. The Balaban J connectivity index is 0.00000405. The van der Waals surface area contributed by atoms with Crippen molar-refractivity contribution in [2.45, 2.75) is 56.8 Å². The summed E-state index contributed by atoms with van der Waals surface area (Å²) in [6.07, 6.45) is 4.32. The Hall–Kier alpha value is -3.86. The van der Waals surface area contributed by atoms with Crippen LogP contribution in [0.2, 0.25) is 0 Å². The van der Waals surface area contributed by atoms with Gasteiger partial charge in [0.05, 0.1) is 18.1 Å². The Labute approximate surface area is 250 Å². The number of hydrogen-bond acceptors (Lipinski definition) is 7. The van der Waals surface area contributed by atoms with E-state index in [1.165, 1.54) is 24.7 Å². The Kier molecular flexibility index (Phi) is 9.93. The fourth-order valence-corrected chi connectivity index (χ4v) is 5.63. The molecule has 2 saturated heterocycles. The number of piperidine rings is 1. The van der Waals surface area contributed by atoms with Crippen molar-refractivity contribution in [3.8, 4) is 11.5 Å². The number of benzene rings is 2. The Morgan fingerprint density at radius 1 is 1.07 bits per heavy atom. The zero-order valence-electron chi connectivity index (χ0n) is 23.4. The third kappa shape index (κ3) is 6.46. The number of aromatic carboxylic acids is 1. The number of nitrogens with zero attached hydrogens (tertiary/aromatic N) is 2. The number of nitrogens with one attached hydrogen (secondary N) is 1. The van der Waals surface area contributed by atoms with Crippen LogP contribution >= 0.6 is 12.4 Å². The van der Waals surface area contributed by atoms with Crippen molar-refractivity contribution in [1.29, 1.82) is 0 Å². The zero-order valence-corrected chi connectivity index (χ0v) is 24.2. The van der Waals surface area contributed by atoms with Crippen molar-refractivity contribution >= 4 is 30.2 Å². The highest BCUT2D eigenvalue weighted by atomic mass is 35.5. The van der Waals surface area contributed by atoms with E-state index in [4.69, 9.17) is 14.3 Å². The minimum absolute atomic E-state index is 0. The molecule has 11 heteroatoms. The van der Waals surface area contributed by atoms with Crippen molar-refractivity contribution in [3.63, 3.8) is 0 Å². The first-order valence-electron chi connectivity index (χ1n) is 14.0. The summed E-state index contributed by atoms with van der Waals surface area (Å²) < 4.78 is 10.9. The van der Waals surface area contributed by atoms with Gasteiger partial charge in [-0.2, -0.15) is 0 Å². The highest BCUT2D eigenvalue weighted by Crippen LogP contribution is 2.36. The lowest BCUT2D eigenvalue weighted by Crippen LogP contribution is -2.73. The maximum absolute atomic E-state index is 13.6. The second kappa shape index (κ2) is 13.4. The number of furan rings is 1. The number of likely N-dealkylation sites (tertiary alicyclic amines) is 1. The fourth-order valence-electron chi connectivity index (χ4n) is 5.63. The van der Waals surface area contributed by atoms with Crippen LogP contribution in [0.25, 0.3) is 0 Å². The molecule has 224 valence electrons. The minimum atomic E-state index is -1.18. The number of unbranched alkanes of at least 4 members (excludes halogenated alkanes) is 1. The SMILES string of the molecule is CCCCN1C(=O)[C@@H]([C@H](O)c2ccoc2)NC(=O)C12CCN(Cc1ccc(Oc3ccc(C(=O)O)cc3)cc1)CC2.Cl. The number of piperazine rings is 1. The molecule has 0 saturated carbocycles. The predicted octanol–water partition coefficient (Wildman–Crippen LogP) is 4.39. The Morgan fingerprint density at radius 2 is 1.71 bits per heavy atom. The van der Waals surface area contributed by atoms with Crippen molar-refractivity contribution in [1.82, 2.24) is 15.1 Å². The second-order valence-electron chi connectivity index (χ2n) is 10.7. The van der Waals surface area contributed by atoms with Gasteiger partial charge in [0.2, 0.25) is 11.8 Å². The minimum Gasteiger partial charge on any atom is -0.478 e. The first-order chi connectivity index (χ1) is 19.8. The van der Waals surface area contributed by atoms with Crippen LogP contribution in [-0.2, 0) is 16.1 Å². The lowest BCUT2D eigenvalue weighted by Gasteiger charge is -2.52. The summed E-state index contributed by atoms with van der Waals surface area (Å²) in [7, 11) is 0. The monoisotopic (exact) mass is 597 g/mol. The standard InChI is InChI=1S/C31H35N3O7.ClH/c1-2-3-15-34-28(36)26(27(35)23-12-18-40-20-23)32-30(39)31(34)13-16-33(17-14-31)19-21-4-8-24(9-5-21)41-25-10-6-22(7-11-25)29(37)38;/h4-12,18,20,26-27,35H,2-3,13-17,19H2,1H3,(H,32,39)(H,37,38);1H/t26-,27-;/m1./s1. The molecule has 2 aliphatic heterocycles. The molecule has 3 aromatic rings. The van der Waals surface area contributed by atoms with Gasteiger partial charge < -0.3 is 29.6 Å². The first-order valence-corrected chi connectivity index (χ1v) is 14.0. The second-order valence-corrected chi connectivity index (χ2v) is 10.7. The largest absolute Gasteiger partial charge is 0.478 e. The van der Waals surface area contributed by atoms with E-state index in [1.54, 1.807) is 23.1 Å². The van der Waals surface area contributed by atoms with Gasteiger partial charge in [-0.1, -0.05) is 25.5 Å². The molecule has 2 fully saturated rings. The first kappa shape index (κ1) is 31.1. The van der Waals surface area contributed by atoms with Gasteiger partial charge >= 0.3 is 5.97 Å². The Morgan fingerprint density at radius 3 is 2.29 bits per heavy atom. The van der Waals surface area contributed by atoms with Gasteiger partial charge in [0.15, 0.2) is 0 Å². The number of amides is 2. The third-order valence-electron chi connectivity index (χ3n) is 8.04. The molecule has 5 rings (SSSR count). The summed E-state index contributed by atoms with van der Waals surface area (Å²) >= 11 is 0. The number of hydrogen-bond donors (Lipinski definition) is 3. The molecule has 2 aliphatic rings. The smallest absolute Gasteiger partial charge is 0.335 e. The van der Waals surface area contributed by atoms with Crippen LogP contribution < -0.4 is 10.1 Å². The van der Waals surface area contributed by atoms with E-state index in [0.717, 1.165) is 18.4 Å². The number of ether oxygens (including phenoxy) is 1. The molecule has 0 unspecified atom stereocenters. The zero-order chi connectivity index (χ0) is 29.0. The van der Waals surface area contributed by atoms with Gasteiger partial charge in [0.1, 0.15) is 29.2 Å². The van der Waals surface area contributed by atoms with Crippen molar-refractivity contribution in [2.24, 2.45) is 0 Å². The van der Waals surface area contributed by atoms with E-state index in [2.05, 4.69) is 10.2 Å². The predicted molar refractivity (Wildman–Crippen MR) is 157 cm³/mol. The Bertz CT molecular complexity index is 1350. The van der Waals surface area contributed by atoms with Gasteiger partial charge in [-0.3, -0.25) is 14.5 Å². The molecule has 10 nitrogen and oxygen atoms in total. The van der Waals surface area contributed by atoms with E-state index in [-0.39, 0.29) is 29.8 Å². The number of carbonyl (C=O) groups is 3.